The number of hydrogen-bond donors (Lipinski definition) is 1. The predicted octanol–water partition coefficient (Wildman–Crippen LogP) is 3.70. The van der Waals surface area contributed by atoms with Gasteiger partial charge in [0.05, 0.1) is 0 Å². The highest BCUT2D eigenvalue weighted by Gasteiger charge is 2.02. The summed E-state index contributed by atoms with van der Waals surface area (Å²) in [6.07, 6.45) is 1.31. The largest absolute Gasteiger partial charge is 0.352 e. The zero-order valence-electron chi connectivity index (χ0n) is 10.6. The summed E-state index contributed by atoms with van der Waals surface area (Å²) in [4.78, 5) is 11.7. The summed E-state index contributed by atoms with van der Waals surface area (Å²) in [5, 5.41) is 2.93. The van der Waals surface area contributed by atoms with Gasteiger partial charge in [-0.25, -0.2) is 0 Å². The molecule has 1 amide bonds. The Morgan fingerprint density at radius 1 is 0.947 bits per heavy atom. The molecule has 0 bridgehead atoms. The number of amides is 1. The molecule has 0 aromatic heterocycles. The number of carbonyl (C=O) groups is 1. The van der Waals surface area contributed by atoms with Gasteiger partial charge in [0.1, 0.15) is 0 Å². The second-order valence-corrected chi connectivity index (χ2v) is 5.30. The summed E-state index contributed by atoms with van der Waals surface area (Å²) in [5.41, 5.74) is 2.30. The molecular formula is C16H16BrNO. The molecular weight excluding hydrogens is 302 g/mol. The van der Waals surface area contributed by atoms with Crippen molar-refractivity contribution < 1.29 is 4.79 Å². The van der Waals surface area contributed by atoms with Crippen molar-refractivity contribution in [1.82, 2.24) is 5.32 Å². The molecule has 0 saturated heterocycles. The van der Waals surface area contributed by atoms with Crippen molar-refractivity contribution in [3.05, 3.63) is 70.2 Å². The molecule has 2 rings (SSSR count). The number of benzene rings is 2. The lowest BCUT2D eigenvalue weighted by Gasteiger charge is -2.05. The molecule has 0 radical (unpaired) electrons. The molecule has 0 saturated carbocycles. The number of carbonyl (C=O) groups excluding carboxylic acids is 1. The van der Waals surface area contributed by atoms with Gasteiger partial charge in [-0.05, 0) is 29.7 Å². The smallest absolute Gasteiger partial charge is 0.220 e. The maximum Gasteiger partial charge on any atom is 0.220 e. The van der Waals surface area contributed by atoms with Gasteiger partial charge in [-0.1, -0.05) is 58.4 Å². The maximum absolute atomic E-state index is 11.7. The van der Waals surface area contributed by atoms with Crippen LogP contribution in [-0.2, 0) is 17.8 Å². The highest BCUT2D eigenvalue weighted by atomic mass is 79.9. The molecule has 2 aromatic rings. The third-order valence-corrected chi connectivity index (χ3v) is 3.42. The minimum absolute atomic E-state index is 0.0896. The van der Waals surface area contributed by atoms with E-state index in [-0.39, 0.29) is 5.91 Å². The van der Waals surface area contributed by atoms with Crippen molar-refractivity contribution in [3.8, 4) is 0 Å². The van der Waals surface area contributed by atoms with Crippen molar-refractivity contribution in [2.75, 3.05) is 0 Å². The van der Waals surface area contributed by atoms with Crippen LogP contribution in [0.5, 0.6) is 0 Å². The summed E-state index contributed by atoms with van der Waals surface area (Å²) in [6.45, 7) is 0.584. The Labute approximate surface area is 122 Å². The first-order chi connectivity index (χ1) is 9.24. The van der Waals surface area contributed by atoms with Crippen LogP contribution < -0.4 is 5.32 Å². The van der Waals surface area contributed by atoms with E-state index >= 15 is 0 Å². The van der Waals surface area contributed by atoms with E-state index in [1.165, 1.54) is 5.56 Å². The van der Waals surface area contributed by atoms with Gasteiger partial charge in [0.25, 0.3) is 0 Å². The summed E-state index contributed by atoms with van der Waals surface area (Å²) in [6, 6.07) is 18.0. The van der Waals surface area contributed by atoms with Gasteiger partial charge in [0.2, 0.25) is 5.91 Å². The van der Waals surface area contributed by atoms with Gasteiger partial charge in [0.15, 0.2) is 0 Å². The molecule has 19 heavy (non-hydrogen) atoms. The Morgan fingerprint density at radius 2 is 1.63 bits per heavy atom. The lowest BCUT2D eigenvalue weighted by atomic mass is 10.1. The second kappa shape index (κ2) is 7.10. The minimum Gasteiger partial charge on any atom is -0.352 e. The quantitative estimate of drug-likeness (QED) is 0.895. The Balaban J connectivity index is 1.74. The summed E-state index contributed by atoms with van der Waals surface area (Å²) >= 11 is 3.39. The molecule has 2 aromatic carbocycles. The van der Waals surface area contributed by atoms with Crippen LogP contribution in [0.1, 0.15) is 17.5 Å². The molecule has 0 aliphatic heterocycles. The standard InChI is InChI=1S/C16H16BrNO/c17-15-9-6-14(7-10-15)12-18-16(19)11-8-13-4-2-1-3-5-13/h1-7,9-10H,8,11-12H2,(H,18,19). The minimum atomic E-state index is 0.0896. The monoisotopic (exact) mass is 317 g/mol. The Hall–Kier alpha value is -1.61. The van der Waals surface area contributed by atoms with E-state index in [0.717, 1.165) is 16.5 Å². The molecule has 0 heterocycles. The van der Waals surface area contributed by atoms with E-state index in [4.69, 9.17) is 0 Å². The molecule has 98 valence electrons. The van der Waals surface area contributed by atoms with Gasteiger partial charge >= 0.3 is 0 Å². The normalized spacial score (nSPS) is 10.2. The molecule has 0 spiro atoms. The lowest BCUT2D eigenvalue weighted by molar-refractivity contribution is -0.121. The van der Waals surface area contributed by atoms with Gasteiger partial charge in [-0.3, -0.25) is 4.79 Å². The van der Waals surface area contributed by atoms with E-state index in [0.29, 0.717) is 13.0 Å². The van der Waals surface area contributed by atoms with Crippen LogP contribution in [0, 0.1) is 0 Å². The van der Waals surface area contributed by atoms with Crippen molar-refractivity contribution in [3.63, 3.8) is 0 Å². The van der Waals surface area contributed by atoms with Gasteiger partial charge < -0.3 is 5.32 Å². The lowest BCUT2D eigenvalue weighted by Crippen LogP contribution is -2.22. The zero-order valence-corrected chi connectivity index (χ0v) is 12.2. The first-order valence-electron chi connectivity index (χ1n) is 6.29. The molecule has 0 aliphatic carbocycles. The fourth-order valence-electron chi connectivity index (χ4n) is 1.79. The van der Waals surface area contributed by atoms with Crippen LogP contribution in [0.2, 0.25) is 0 Å². The SMILES string of the molecule is O=C(CCc1ccccc1)NCc1ccc(Br)cc1. The maximum atomic E-state index is 11.7. The third-order valence-electron chi connectivity index (χ3n) is 2.89. The second-order valence-electron chi connectivity index (χ2n) is 4.39. The van der Waals surface area contributed by atoms with E-state index in [1.54, 1.807) is 0 Å². The van der Waals surface area contributed by atoms with Gasteiger partial charge in [-0.15, -0.1) is 0 Å². The first-order valence-corrected chi connectivity index (χ1v) is 7.08. The van der Waals surface area contributed by atoms with E-state index in [9.17, 15) is 4.79 Å². The molecule has 0 atom stereocenters. The number of halogens is 1. The summed E-state index contributed by atoms with van der Waals surface area (Å²) in [5.74, 6) is 0.0896. The first kappa shape index (κ1) is 13.8. The van der Waals surface area contributed by atoms with Crippen molar-refractivity contribution in [2.45, 2.75) is 19.4 Å². The molecule has 1 N–H and O–H groups in total. The van der Waals surface area contributed by atoms with Crippen LogP contribution in [-0.4, -0.2) is 5.91 Å². The Kier molecular flexibility index (Phi) is 5.16. The van der Waals surface area contributed by atoms with Crippen LogP contribution in [0.15, 0.2) is 59.1 Å². The molecule has 0 aliphatic rings. The summed E-state index contributed by atoms with van der Waals surface area (Å²) in [7, 11) is 0. The van der Waals surface area contributed by atoms with Crippen molar-refractivity contribution in [1.29, 1.82) is 0 Å². The van der Waals surface area contributed by atoms with Gasteiger partial charge in [-0.2, -0.15) is 0 Å². The number of rotatable bonds is 5. The van der Waals surface area contributed by atoms with Crippen LogP contribution in [0.4, 0.5) is 0 Å². The fraction of sp³-hybridized carbons (Fsp3) is 0.188. The molecule has 0 fully saturated rings. The highest BCUT2D eigenvalue weighted by molar-refractivity contribution is 9.10. The highest BCUT2D eigenvalue weighted by Crippen LogP contribution is 2.10. The topological polar surface area (TPSA) is 29.1 Å². The Bertz CT molecular complexity index is 522. The van der Waals surface area contributed by atoms with E-state index < -0.39 is 0 Å². The number of nitrogens with one attached hydrogen (secondary N) is 1. The van der Waals surface area contributed by atoms with Crippen LogP contribution in [0.25, 0.3) is 0 Å². The number of aryl methyl sites for hydroxylation is 1. The number of hydrogen-bond acceptors (Lipinski definition) is 1. The van der Waals surface area contributed by atoms with Crippen molar-refractivity contribution >= 4 is 21.8 Å². The zero-order chi connectivity index (χ0) is 13.5. The fourth-order valence-corrected chi connectivity index (χ4v) is 2.06. The van der Waals surface area contributed by atoms with Gasteiger partial charge in [0, 0.05) is 17.4 Å². The average Bonchev–Trinajstić information content (AvgIpc) is 2.45. The van der Waals surface area contributed by atoms with E-state index in [1.807, 2.05) is 54.6 Å². The average molecular weight is 318 g/mol. The van der Waals surface area contributed by atoms with Crippen LogP contribution in [0.3, 0.4) is 0 Å². The molecule has 3 heteroatoms. The van der Waals surface area contributed by atoms with Crippen molar-refractivity contribution in [2.24, 2.45) is 0 Å². The molecule has 2 nitrogen and oxygen atoms in total. The third kappa shape index (κ3) is 4.87. The molecule has 0 unspecified atom stereocenters. The predicted molar refractivity (Wildman–Crippen MR) is 80.8 cm³/mol. The summed E-state index contributed by atoms with van der Waals surface area (Å²) < 4.78 is 1.05. The van der Waals surface area contributed by atoms with Crippen LogP contribution >= 0.6 is 15.9 Å². The van der Waals surface area contributed by atoms with E-state index in [2.05, 4.69) is 21.2 Å². The Morgan fingerprint density at radius 3 is 2.32 bits per heavy atom.